The van der Waals surface area contributed by atoms with Crippen LogP contribution in [0.4, 0.5) is 0 Å². The summed E-state index contributed by atoms with van der Waals surface area (Å²) in [6.07, 6.45) is 6.47. The van der Waals surface area contributed by atoms with Crippen LogP contribution in [0.25, 0.3) is 10.8 Å². The number of halogens is 2. The zero-order valence-electron chi connectivity index (χ0n) is 12.3. The molecule has 22 heavy (non-hydrogen) atoms. The van der Waals surface area contributed by atoms with E-state index in [9.17, 15) is 0 Å². The number of hydrogen-bond donors (Lipinski definition) is 0. The Morgan fingerprint density at radius 1 is 0.909 bits per heavy atom. The third kappa shape index (κ3) is 4.88. The Kier molecular flexibility index (Phi) is 9.76. The zero-order valence-corrected chi connectivity index (χ0v) is 16.3. The number of benzene rings is 2. The van der Waals surface area contributed by atoms with E-state index in [4.69, 9.17) is 0 Å². The van der Waals surface area contributed by atoms with Crippen molar-refractivity contribution in [2.45, 2.75) is 13.3 Å². The molecule has 0 amide bonds. The Bertz CT molecular complexity index is 715. The fraction of sp³-hybridized carbons (Fsp3) is 0.105. The van der Waals surface area contributed by atoms with E-state index in [1.54, 1.807) is 0 Å². The third-order valence-corrected chi connectivity index (χ3v) is 3.41. The van der Waals surface area contributed by atoms with E-state index < -0.39 is 0 Å². The van der Waals surface area contributed by atoms with Crippen LogP contribution in [0.5, 0.6) is 0 Å². The molecule has 0 nitrogen and oxygen atoms in total. The van der Waals surface area contributed by atoms with Crippen molar-refractivity contribution in [1.29, 1.82) is 0 Å². The summed E-state index contributed by atoms with van der Waals surface area (Å²) in [5.74, 6) is 0. The third-order valence-electron chi connectivity index (χ3n) is 3.41. The van der Waals surface area contributed by atoms with Crippen LogP contribution >= 0.6 is 0 Å². The number of aryl methyl sites for hydroxylation is 1. The van der Waals surface area contributed by atoms with Crippen molar-refractivity contribution >= 4 is 10.8 Å². The van der Waals surface area contributed by atoms with Gasteiger partial charge in [-0.1, -0.05) is 43.0 Å². The number of fused-ring (bicyclic) bond motifs is 3. The van der Waals surface area contributed by atoms with E-state index in [-0.39, 0.29) is 51.0 Å². The van der Waals surface area contributed by atoms with Crippen molar-refractivity contribution in [2.75, 3.05) is 0 Å². The first-order chi connectivity index (χ1) is 9.34. The molecule has 0 unspecified atom stereocenters. The molecule has 3 aromatic carbocycles. The average molecular weight is 406 g/mol. The minimum Gasteiger partial charge on any atom is -1.00 e. The van der Waals surface area contributed by atoms with Gasteiger partial charge in [0, 0.05) is 0 Å². The molecule has 0 N–H and O–H groups in total. The van der Waals surface area contributed by atoms with E-state index in [0.29, 0.717) is 0 Å². The minimum absolute atomic E-state index is 0. The standard InChI is InChI=1S/C13H9.C6H7.2ClH.Zr/c1-2-6-12-10(4-1)8-9-11-5-3-7-13(11)12;1-6-4-2-3-5-6;;;/h1-4,6,8-9H,5H2;2-5H,1H3;2*1H;/q2*-1;;;+4/p-2. The molecule has 110 valence electrons. The predicted molar refractivity (Wildman–Crippen MR) is 81.3 cm³/mol. The molecule has 1 aliphatic rings. The minimum atomic E-state index is 0. The fourth-order valence-electron chi connectivity index (χ4n) is 2.39. The molecule has 0 heterocycles. The van der Waals surface area contributed by atoms with Gasteiger partial charge in [-0.3, -0.25) is 0 Å². The van der Waals surface area contributed by atoms with Crippen molar-refractivity contribution in [3.8, 4) is 0 Å². The molecule has 3 aromatic rings. The van der Waals surface area contributed by atoms with E-state index in [2.05, 4.69) is 67.6 Å². The summed E-state index contributed by atoms with van der Waals surface area (Å²) in [5, 5.41) is 2.64. The summed E-state index contributed by atoms with van der Waals surface area (Å²) >= 11 is 0. The maximum Gasteiger partial charge on any atom is 4.00 e. The number of allylic oxidation sites excluding steroid dienone is 1. The quantitative estimate of drug-likeness (QED) is 0.413. The van der Waals surface area contributed by atoms with Gasteiger partial charge in [-0.05, 0) is 0 Å². The van der Waals surface area contributed by atoms with Crippen molar-refractivity contribution in [1.82, 2.24) is 0 Å². The number of hydrogen-bond acceptors (Lipinski definition) is 0. The summed E-state index contributed by atoms with van der Waals surface area (Å²) < 4.78 is 0. The topological polar surface area (TPSA) is 0 Å². The van der Waals surface area contributed by atoms with Crippen molar-refractivity contribution in [3.63, 3.8) is 0 Å². The van der Waals surface area contributed by atoms with E-state index in [0.717, 1.165) is 6.42 Å². The Morgan fingerprint density at radius 2 is 1.59 bits per heavy atom. The van der Waals surface area contributed by atoms with Crippen LogP contribution in [-0.2, 0) is 32.6 Å². The van der Waals surface area contributed by atoms with Crippen molar-refractivity contribution < 1.29 is 51.0 Å². The first kappa shape index (κ1) is 21.3. The molecular formula is C19H16Cl2Zr. The summed E-state index contributed by atoms with van der Waals surface area (Å²) in [5.41, 5.74) is 4.03. The van der Waals surface area contributed by atoms with Gasteiger partial charge >= 0.3 is 26.2 Å². The first-order valence-electron chi connectivity index (χ1n) is 6.62. The second kappa shape index (κ2) is 10.1. The molecule has 0 fully saturated rings. The van der Waals surface area contributed by atoms with Gasteiger partial charge in [0.25, 0.3) is 0 Å². The van der Waals surface area contributed by atoms with Crippen LogP contribution in [0.3, 0.4) is 0 Å². The number of rotatable bonds is 0. The molecule has 0 saturated carbocycles. The molecular weight excluding hydrogens is 390 g/mol. The smallest absolute Gasteiger partial charge is 1.00 e. The van der Waals surface area contributed by atoms with Gasteiger partial charge in [-0.15, -0.1) is 23.1 Å². The molecule has 0 spiro atoms. The normalized spacial score (nSPS) is 10.4. The molecule has 4 rings (SSSR count). The van der Waals surface area contributed by atoms with E-state index in [1.165, 1.54) is 27.5 Å². The van der Waals surface area contributed by atoms with Crippen LogP contribution in [-0.4, -0.2) is 0 Å². The largest absolute Gasteiger partial charge is 4.00 e. The molecule has 3 heteroatoms. The summed E-state index contributed by atoms with van der Waals surface area (Å²) in [4.78, 5) is 0. The van der Waals surface area contributed by atoms with Gasteiger partial charge in [0.1, 0.15) is 0 Å². The Labute approximate surface area is 163 Å². The van der Waals surface area contributed by atoms with Gasteiger partial charge in [-0.2, -0.15) is 35.4 Å². The fourth-order valence-corrected chi connectivity index (χ4v) is 2.39. The van der Waals surface area contributed by atoms with Gasteiger partial charge in [0.15, 0.2) is 0 Å². The van der Waals surface area contributed by atoms with E-state index >= 15 is 0 Å². The Morgan fingerprint density at radius 3 is 2.23 bits per heavy atom. The summed E-state index contributed by atoms with van der Waals surface area (Å²) in [6.45, 7) is 2.08. The summed E-state index contributed by atoms with van der Waals surface area (Å²) in [7, 11) is 0. The van der Waals surface area contributed by atoms with Crippen LogP contribution in [0, 0.1) is 13.0 Å². The Hall–Kier alpha value is -0.747. The molecule has 0 bridgehead atoms. The van der Waals surface area contributed by atoms with Gasteiger partial charge in [-0.25, -0.2) is 12.1 Å². The average Bonchev–Trinajstić information content (AvgIpc) is 3.10. The van der Waals surface area contributed by atoms with Gasteiger partial charge in [0.05, 0.1) is 0 Å². The molecule has 0 radical (unpaired) electrons. The van der Waals surface area contributed by atoms with Crippen LogP contribution < -0.4 is 24.8 Å². The van der Waals surface area contributed by atoms with Gasteiger partial charge < -0.3 is 24.8 Å². The first-order valence-corrected chi connectivity index (χ1v) is 6.62. The van der Waals surface area contributed by atoms with Crippen molar-refractivity contribution in [3.05, 3.63) is 89.5 Å². The monoisotopic (exact) mass is 404 g/mol. The molecule has 0 aliphatic heterocycles. The van der Waals surface area contributed by atoms with Crippen LogP contribution in [0.2, 0.25) is 0 Å². The molecule has 0 atom stereocenters. The van der Waals surface area contributed by atoms with E-state index in [1.807, 2.05) is 12.1 Å². The predicted octanol–water partition coefficient (Wildman–Crippen LogP) is -1.18. The summed E-state index contributed by atoms with van der Waals surface area (Å²) in [6, 6.07) is 21.1. The SMILES string of the molecule is C[c-]1cccc1.[C-]1=CCc2ccc3ccccc3c21.[Cl-].[Cl-].[Zr+4]. The molecule has 0 aromatic heterocycles. The van der Waals surface area contributed by atoms with Gasteiger partial charge in [0.2, 0.25) is 0 Å². The van der Waals surface area contributed by atoms with Crippen LogP contribution in [0.15, 0.2) is 66.7 Å². The maximum atomic E-state index is 3.32. The van der Waals surface area contributed by atoms with Crippen molar-refractivity contribution in [2.24, 2.45) is 0 Å². The second-order valence-corrected chi connectivity index (χ2v) is 4.84. The zero-order chi connectivity index (χ0) is 13.1. The second-order valence-electron chi connectivity index (χ2n) is 4.84. The van der Waals surface area contributed by atoms with Crippen LogP contribution in [0.1, 0.15) is 16.7 Å². The maximum absolute atomic E-state index is 3.32. The molecule has 0 saturated heterocycles. The Balaban J connectivity index is 0.000000429. The molecule has 1 aliphatic carbocycles.